The van der Waals surface area contributed by atoms with Gasteiger partial charge in [0.15, 0.2) is 0 Å². The number of carbonyl (C=O) groups is 3. The van der Waals surface area contributed by atoms with Gasteiger partial charge in [0, 0.05) is 19.8 Å². The van der Waals surface area contributed by atoms with Crippen molar-refractivity contribution in [1.29, 1.82) is 0 Å². The van der Waals surface area contributed by atoms with Crippen molar-refractivity contribution in [3.8, 4) is 5.75 Å². The summed E-state index contributed by atoms with van der Waals surface area (Å²) in [4.78, 5) is 35.5. The summed E-state index contributed by atoms with van der Waals surface area (Å²) in [6.45, 7) is 1.53. The summed E-state index contributed by atoms with van der Waals surface area (Å²) in [5, 5.41) is 23.0. The number of likely N-dealkylation sites (N-methyl/N-ethyl adjacent to an activating group) is 1. The number of hydrogen-bond donors (Lipinski definition) is 4. The largest absolute Gasteiger partial charge is 0.507 e. The molecule has 1 aromatic rings. The second-order valence-electron chi connectivity index (χ2n) is 4.59. The van der Waals surface area contributed by atoms with E-state index in [1.54, 1.807) is 14.1 Å². The highest BCUT2D eigenvalue weighted by atomic mass is 16.4. The lowest BCUT2D eigenvalue weighted by molar-refractivity contribution is -0.130. The maximum absolute atomic E-state index is 11.7. The van der Waals surface area contributed by atoms with Crippen LogP contribution < -0.4 is 10.6 Å². The first-order valence-electron chi connectivity index (χ1n) is 6.07. The molecular weight excluding hydrogens is 278 g/mol. The zero-order valence-electron chi connectivity index (χ0n) is 11.9. The molecule has 0 heterocycles. The predicted molar refractivity (Wildman–Crippen MR) is 75.4 cm³/mol. The Morgan fingerprint density at radius 1 is 1.24 bits per heavy atom. The van der Waals surface area contributed by atoms with Gasteiger partial charge < -0.3 is 25.7 Å². The Bertz CT molecular complexity index is 571. The number of amides is 3. The van der Waals surface area contributed by atoms with Crippen LogP contribution in [0.5, 0.6) is 5.75 Å². The Hall–Kier alpha value is -2.77. The molecule has 1 rings (SSSR count). The standard InChI is InChI=1S/C13H17N3O5/c1-7(11(18)16(2)3)14-13(21)15-8-4-5-10(17)9(6-8)12(19)20/h4-7,17H,1-3H3,(H,19,20)(H2,14,15,21). The Kier molecular flexibility index (Phi) is 5.12. The maximum Gasteiger partial charge on any atom is 0.339 e. The van der Waals surface area contributed by atoms with Crippen LogP contribution in [0.3, 0.4) is 0 Å². The van der Waals surface area contributed by atoms with Crippen LogP contribution in [0, 0.1) is 0 Å². The van der Waals surface area contributed by atoms with Gasteiger partial charge in [0.05, 0.1) is 0 Å². The van der Waals surface area contributed by atoms with Gasteiger partial charge in [-0.3, -0.25) is 4.79 Å². The minimum atomic E-state index is -1.31. The molecular formula is C13H17N3O5. The zero-order valence-corrected chi connectivity index (χ0v) is 11.9. The lowest BCUT2D eigenvalue weighted by Gasteiger charge is -2.18. The van der Waals surface area contributed by atoms with E-state index in [2.05, 4.69) is 10.6 Å². The average molecular weight is 295 g/mol. The van der Waals surface area contributed by atoms with Crippen LogP contribution in [0.25, 0.3) is 0 Å². The maximum atomic E-state index is 11.7. The van der Waals surface area contributed by atoms with Gasteiger partial charge in [-0.25, -0.2) is 9.59 Å². The van der Waals surface area contributed by atoms with Crippen LogP contribution in [0.4, 0.5) is 10.5 Å². The van der Waals surface area contributed by atoms with Crippen molar-refractivity contribution in [2.45, 2.75) is 13.0 Å². The Morgan fingerprint density at radius 3 is 2.38 bits per heavy atom. The van der Waals surface area contributed by atoms with Crippen molar-refractivity contribution < 1.29 is 24.6 Å². The van der Waals surface area contributed by atoms with E-state index in [0.717, 1.165) is 12.1 Å². The molecule has 0 aliphatic rings. The lowest BCUT2D eigenvalue weighted by Crippen LogP contribution is -2.45. The summed E-state index contributed by atoms with van der Waals surface area (Å²) in [6.07, 6.45) is 0. The van der Waals surface area contributed by atoms with Crippen molar-refractivity contribution in [3.63, 3.8) is 0 Å². The number of aromatic carboxylic acids is 1. The quantitative estimate of drug-likeness (QED) is 0.609. The molecule has 0 radical (unpaired) electrons. The van der Waals surface area contributed by atoms with Crippen molar-refractivity contribution in [3.05, 3.63) is 23.8 Å². The molecule has 8 heteroatoms. The minimum Gasteiger partial charge on any atom is -0.507 e. The van der Waals surface area contributed by atoms with Crippen LogP contribution in [-0.4, -0.2) is 53.2 Å². The second kappa shape index (κ2) is 6.60. The summed E-state index contributed by atoms with van der Waals surface area (Å²) in [6, 6.07) is 2.25. The Morgan fingerprint density at radius 2 is 1.86 bits per heavy atom. The minimum absolute atomic E-state index is 0.187. The average Bonchev–Trinajstić information content (AvgIpc) is 2.39. The van der Waals surface area contributed by atoms with E-state index in [4.69, 9.17) is 5.11 Å². The van der Waals surface area contributed by atoms with Crippen molar-refractivity contribution in [1.82, 2.24) is 10.2 Å². The second-order valence-corrected chi connectivity index (χ2v) is 4.59. The number of anilines is 1. The highest BCUT2D eigenvalue weighted by molar-refractivity contribution is 5.96. The number of carboxylic acid groups (broad SMARTS) is 1. The summed E-state index contributed by atoms with van der Waals surface area (Å²) in [5.41, 5.74) is -0.141. The fourth-order valence-electron chi connectivity index (χ4n) is 1.60. The molecule has 1 unspecified atom stereocenters. The molecule has 0 saturated heterocycles. The summed E-state index contributed by atoms with van der Waals surface area (Å²) < 4.78 is 0. The molecule has 0 aliphatic carbocycles. The first-order chi connectivity index (χ1) is 9.72. The fraction of sp³-hybridized carbons (Fsp3) is 0.308. The summed E-state index contributed by atoms with van der Waals surface area (Å²) >= 11 is 0. The number of nitrogens with one attached hydrogen (secondary N) is 2. The molecule has 0 aliphatic heterocycles. The number of hydrogen-bond acceptors (Lipinski definition) is 4. The van der Waals surface area contributed by atoms with E-state index in [1.165, 1.54) is 17.9 Å². The number of urea groups is 1. The monoisotopic (exact) mass is 295 g/mol. The van der Waals surface area contributed by atoms with Gasteiger partial charge in [0.2, 0.25) is 5.91 Å². The van der Waals surface area contributed by atoms with E-state index >= 15 is 0 Å². The molecule has 8 nitrogen and oxygen atoms in total. The van der Waals surface area contributed by atoms with E-state index < -0.39 is 23.8 Å². The molecule has 3 amide bonds. The smallest absolute Gasteiger partial charge is 0.339 e. The van der Waals surface area contributed by atoms with E-state index in [9.17, 15) is 19.5 Å². The van der Waals surface area contributed by atoms with Gasteiger partial charge in [0.25, 0.3) is 0 Å². The molecule has 0 fully saturated rings. The Labute approximate surface area is 121 Å². The zero-order chi connectivity index (χ0) is 16.2. The van der Waals surface area contributed by atoms with Crippen molar-refractivity contribution >= 4 is 23.6 Å². The molecule has 4 N–H and O–H groups in total. The van der Waals surface area contributed by atoms with Gasteiger partial charge in [-0.1, -0.05) is 0 Å². The molecule has 0 spiro atoms. The van der Waals surface area contributed by atoms with Gasteiger partial charge in [-0.15, -0.1) is 0 Å². The first-order valence-corrected chi connectivity index (χ1v) is 6.07. The Balaban J connectivity index is 2.74. The third-order valence-corrected chi connectivity index (χ3v) is 2.64. The first kappa shape index (κ1) is 16.3. The normalized spacial score (nSPS) is 11.4. The van der Waals surface area contributed by atoms with Crippen molar-refractivity contribution in [2.24, 2.45) is 0 Å². The van der Waals surface area contributed by atoms with Gasteiger partial charge in [-0.2, -0.15) is 0 Å². The number of rotatable bonds is 4. The van der Waals surface area contributed by atoms with Crippen molar-refractivity contribution in [2.75, 3.05) is 19.4 Å². The molecule has 1 atom stereocenters. The SMILES string of the molecule is CC(NC(=O)Nc1ccc(O)c(C(=O)O)c1)C(=O)N(C)C. The number of carbonyl (C=O) groups excluding carboxylic acids is 2. The van der Waals surface area contributed by atoms with E-state index in [-0.39, 0.29) is 17.2 Å². The highest BCUT2D eigenvalue weighted by Crippen LogP contribution is 2.21. The van der Waals surface area contributed by atoms with E-state index in [0.29, 0.717) is 0 Å². The molecule has 114 valence electrons. The predicted octanol–water partition coefficient (Wildman–Crippen LogP) is 0.689. The molecule has 0 aromatic heterocycles. The van der Waals surface area contributed by atoms with Crippen LogP contribution in [-0.2, 0) is 4.79 Å². The van der Waals surface area contributed by atoms with Crippen LogP contribution in [0.1, 0.15) is 17.3 Å². The van der Waals surface area contributed by atoms with Gasteiger partial charge in [0.1, 0.15) is 17.4 Å². The summed E-state index contributed by atoms with van der Waals surface area (Å²) in [5.74, 6) is -1.99. The van der Waals surface area contributed by atoms with Gasteiger partial charge >= 0.3 is 12.0 Å². The number of aromatic hydroxyl groups is 1. The number of carboxylic acids is 1. The van der Waals surface area contributed by atoms with Crippen LogP contribution in [0.15, 0.2) is 18.2 Å². The van der Waals surface area contributed by atoms with Crippen LogP contribution >= 0.6 is 0 Å². The molecule has 0 bridgehead atoms. The topological polar surface area (TPSA) is 119 Å². The third kappa shape index (κ3) is 4.37. The number of nitrogens with zero attached hydrogens (tertiary/aromatic N) is 1. The highest BCUT2D eigenvalue weighted by Gasteiger charge is 2.17. The molecule has 1 aromatic carbocycles. The fourth-order valence-corrected chi connectivity index (χ4v) is 1.60. The molecule has 21 heavy (non-hydrogen) atoms. The van der Waals surface area contributed by atoms with Gasteiger partial charge in [-0.05, 0) is 25.1 Å². The summed E-state index contributed by atoms with van der Waals surface area (Å²) in [7, 11) is 3.13. The van der Waals surface area contributed by atoms with Crippen LogP contribution in [0.2, 0.25) is 0 Å². The number of phenols is 1. The third-order valence-electron chi connectivity index (χ3n) is 2.64. The van der Waals surface area contributed by atoms with E-state index in [1.807, 2.05) is 0 Å². The lowest BCUT2D eigenvalue weighted by atomic mass is 10.2. The number of benzene rings is 1. The molecule has 0 saturated carbocycles.